The predicted octanol–water partition coefficient (Wildman–Crippen LogP) is 5.89. The average Bonchev–Trinajstić information content (AvgIpc) is 3.30. The summed E-state index contributed by atoms with van der Waals surface area (Å²) in [5.74, 6) is 0.137. The third-order valence-corrected chi connectivity index (χ3v) is 14.8. The number of ether oxygens (including phenoxy) is 2. The molecule has 6 atom stereocenters. The number of carbonyl (C=O) groups excluding carboxylic acids is 2. The third kappa shape index (κ3) is 4.42. The van der Waals surface area contributed by atoms with Crippen molar-refractivity contribution in [3.05, 3.63) is 58.7 Å². The van der Waals surface area contributed by atoms with Gasteiger partial charge >= 0.3 is 11.9 Å². The van der Waals surface area contributed by atoms with Crippen molar-refractivity contribution in [2.45, 2.75) is 115 Å². The Hall–Kier alpha value is -3.36. The van der Waals surface area contributed by atoms with Gasteiger partial charge in [-0.2, -0.15) is 0 Å². The summed E-state index contributed by atoms with van der Waals surface area (Å²) in [7, 11) is 2.84. The van der Waals surface area contributed by atoms with E-state index in [1.54, 1.807) is 0 Å². The van der Waals surface area contributed by atoms with Crippen molar-refractivity contribution in [1.82, 2.24) is 0 Å². The highest BCUT2D eigenvalue weighted by molar-refractivity contribution is 5.99. The van der Waals surface area contributed by atoms with Gasteiger partial charge in [0.2, 0.25) is 0 Å². The van der Waals surface area contributed by atoms with Crippen LogP contribution in [0.1, 0.15) is 89.5 Å². The van der Waals surface area contributed by atoms with Crippen molar-refractivity contribution >= 4 is 23.4 Å². The fourth-order valence-electron chi connectivity index (χ4n) is 11.6. The van der Waals surface area contributed by atoms with Gasteiger partial charge in [-0.05, 0) is 107 Å². The number of carbonyl (C=O) groups is 2. The van der Waals surface area contributed by atoms with Gasteiger partial charge < -0.3 is 19.7 Å². The Morgan fingerprint density at radius 3 is 1.20 bits per heavy atom. The van der Waals surface area contributed by atoms with Crippen LogP contribution in [-0.2, 0) is 44.7 Å². The monoisotopic (exact) mass is 680 g/mol. The maximum absolute atomic E-state index is 14.1. The second-order valence-corrected chi connectivity index (χ2v) is 18.1. The Bertz CT molecular complexity index is 1700. The smallest absolute Gasteiger partial charge is 0.334 e. The second kappa shape index (κ2) is 10.6. The number of hydrogen-bond acceptors (Lipinski definition) is 8. The van der Waals surface area contributed by atoms with Crippen molar-refractivity contribution < 1.29 is 29.3 Å². The Morgan fingerprint density at radius 2 is 0.940 bits per heavy atom. The molecule has 0 heterocycles. The summed E-state index contributed by atoms with van der Waals surface area (Å²) < 4.78 is 11.1. The Morgan fingerprint density at radius 1 is 0.620 bits per heavy atom. The SMILES string of the molecule is COC(=O)C1(N=C2CC3CC(C3(C)C)[C@]2(C)O)Cc2cccc3c2-c2c(cccc2CC(N=C2CC4CC(C4(C)C)[C@]2(C)O)(C(=O)OC)C3)C1. The minimum Gasteiger partial charge on any atom is -0.467 e. The number of esters is 2. The molecule has 6 saturated carbocycles. The quantitative estimate of drug-likeness (QED) is 0.389. The van der Waals surface area contributed by atoms with Crippen molar-refractivity contribution in [3.8, 4) is 11.1 Å². The molecule has 0 spiro atoms. The Kier molecular flexibility index (Phi) is 7.16. The molecule has 8 nitrogen and oxygen atoms in total. The molecule has 4 unspecified atom stereocenters. The van der Waals surface area contributed by atoms with Gasteiger partial charge in [0.15, 0.2) is 11.1 Å². The minimum absolute atomic E-state index is 0.0155. The first kappa shape index (κ1) is 33.8. The van der Waals surface area contributed by atoms with Gasteiger partial charge in [-0.15, -0.1) is 0 Å². The molecule has 0 aliphatic heterocycles. The summed E-state index contributed by atoms with van der Waals surface area (Å²) >= 11 is 0. The maximum Gasteiger partial charge on any atom is 0.334 e. The van der Waals surface area contributed by atoms with Crippen LogP contribution in [0.4, 0.5) is 0 Å². The number of fused-ring (bicyclic) bond motifs is 4. The maximum atomic E-state index is 14.1. The van der Waals surface area contributed by atoms with E-state index in [-0.39, 0.29) is 22.7 Å². The fraction of sp³-hybridized carbons (Fsp3) is 0.619. The van der Waals surface area contributed by atoms with Gasteiger partial charge in [0.1, 0.15) is 11.2 Å². The van der Waals surface area contributed by atoms with Crippen LogP contribution in [0.15, 0.2) is 46.4 Å². The molecule has 2 N–H and O–H groups in total. The molecule has 0 amide bonds. The van der Waals surface area contributed by atoms with Crippen molar-refractivity contribution in [2.24, 2.45) is 44.5 Å². The van der Waals surface area contributed by atoms with Crippen LogP contribution in [0.5, 0.6) is 0 Å². The molecule has 2 aromatic rings. The number of rotatable bonds is 4. The van der Waals surface area contributed by atoms with Gasteiger partial charge in [-0.25, -0.2) is 9.59 Å². The van der Waals surface area contributed by atoms with Crippen LogP contribution in [0.2, 0.25) is 0 Å². The predicted molar refractivity (Wildman–Crippen MR) is 192 cm³/mol. The first-order valence-electron chi connectivity index (χ1n) is 18.4. The van der Waals surface area contributed by atoms with E-state index >= 15 is 0 Å². The highest BCUT2D eigenvalue weighted by Crippen LogP contribution is 2.63. The zero-order valence-electron chi connectivity index (χ0n) is 30.9. The highest BCUT2D eigenvalue weighted by Gasteiger charge is 2.64. The van der Waals surface area contributed by atoms with Gasteiger partial charge in [-0.3, -0.25) is 9.98 Å². The largest absolute Gasteiger partial charge is 0.467 e. The summed E-state index contributed by atoms with van der Waals surface area (Å²) in [5.41, 5.74) is 2.43. The topological polar surface area (TPSA) is 118 Å². The van der Waals surface area contributed by atoms with E-state index in [9.17, 15) is 19.8 Å². The molecule has 8 aliphatic carbocycles. The van der Waals surface area contributed by atoms with Crippen LogP contribution in [-0.4, -0.2) is 70.1 Å². The van der Waals surface area contributed by atoms with Gasteiger partial charge in [0, 0.05) is 37.1 Å². The molecule has 8 aliphatic rings. The number of benzene rings is 2. The lowest BCUT2D eigenvalue weighted by atomic mass is 9.44. The zero-order valence-corrected chi connectivity index (χ0v) is 30.9. The highest BCUT2D eigenvalue weighted by atomic mass is 16.5. The molecular weight excluding hydrogens is 628 g/mol. The second-order valence-electron chi connectivity index (χ2n) is 18.1. The Labute approximate surface area is 295 Å². The van der Waals surface area contributed by atoms with Crippen LogP contribution in [0.25, 0.3) is 11.1 Å². The van der Waals surface area contributed by atoms with Crippen LogP contribution >= 0.6 is 0 Å². The molecular formula is C42H52N2O6. The molecule has 2 aromatic carbocycles. The first-order chi connectivity index (χ1) is 23.4. The fourth-order valence-corrected chi connectivity index (χ4v) is 11.6. The summed E-state index contributed by atoms with van der Waals surface area (Å²) in [6.45, 7) is 12.6. The molecule has 0 saturated heterocycles. The molecule has 50 heavy (non-hydrogen) atoms. The number of hydrogen-bond donors (Lipinski definition) is 2. The van der Waals surface area contributed by atoms with E-state index in [2.05, 4.69) is 52.0 Å². The molecule has 0 radical (unpaired) electrons. The zero-order chi connectivity index (χ0) is 35.8. The van der Waals surface area contributed by atoms with Gasteiger partial charge in [-0.1, -0.05) is 64.1 Å². The van der Waals surface area contributed by atoms with Gasteiger partial charge in [0.05, 0.1) is 14.2 Å². The molecule has 0 aromatic heterocycles. The molecule has 266 valence electrons. The van der Waals surface area contributed by atoms with Crippen LogP contribution < -0.4 is 0 Å². The lowest BCUT2D eigenvalue weighted by Crippen LogP contribution is -2.65. The third-order valence-electron chi connectivity index (χ3n) is 14.8. The molecule has 6 fully saturated rings. The average molecular weight is 681 g/mol. The van der Waals surface area contributed by atoms with E-state index in [1.807, 2.05) is 26.0 Å². The van der Waals surface area contributed by atoms with E-state index in [0.717, 1.165) is 46.2 Å². The summed E-state index contributed by atoms with van der Waals surface area (Å²) in [4.78, 5) is 38.8. The van der Waals surface area contributed by atoms with Gasteiger partial charge in [0.25, 0.3) is 0 Å². The summed E-state index contributed by atoms with van der Waals surface area (Å²) in [6, 6.07) is 12.2. The molecule has 4 bridgehead atoms. The number of nitrogens with zero attached hydrogens (tertiary/aromatic N) is 2. The van der Waals surface area contributed by atoms with Crippen molar-refractivity contribution in [3.63, 3.8) is 0 Å². The lowest BCUT2D eigenvalue weighted by molar-refractivity contribution is -0.148. The van der Waals surface area contributed by atoms with Crippen molar-refractivity contribution in [2.75, 3.05) is 14.2 Å². The number of aliphatic imine (C=N–C) groups is 2. The molecule has 8 heteroatoms. The van der Waals surface area contributed by atoms with Crippen LogP contribution in [0, 0.1) is 34.5 Å². The summed E-state index contributed by atoms with van der Waals surface area (Å²) in [6.07, 6.45) is 4.40. The first-order valence-corrected chi connectivity index (χ1v) is 18.4. The van der Waals surface area contributed by atoms with E-state index in [1.165, 1.54) is 14.2 Å². The van der Waals surface area contributed by atoms with Crippen molar-refractivity contribution in [1.29, 1.82) is 0 Å². The van der Waals surface area contributed by atoms with Crippen LogP contribution in [0.3, 0.4) is 0 Å². The lowest BCUT2D eigenvalue weighted by Gasteiger charge is -2.63. The van der Waals surface area contributed by atoms with E-state index < -0.39 is 34.2 Å². The van der Waals surface area contributed by atoms with E-state index in [4.69, 9.17) is 19.5 Å². The Balaban J connectivity index is 1.28. The number of aliphatic hydroxyl groups is 2. The van der Waals surface area contributed by atoms with E-state index in [0.29, 0.717) is 61.8 Å². The summed E-state index contributed by atoms with van der Waals surface area (Å²) in [5, 5.41) is 23.9. The number of methoxy groups -OCH3 is 2. The normalized spacial score (nSPS) is 36.2. The standard InChI is InChI=1S/C42H52N2O6/c1-37(2)27-15-29(37)39(5,47)31(17-27)43-41(35(45)49-7)19-23-11-9-13-25-21-42(36(46)50-8,22-26-14-10-12-24(20-41)34(26)33(23)25)44-32-18-28-16-30(38(28,3)4)40(32,6)48/h9-14,27-30,47-48H,15-22H2,1-8H3/t27?,28?,29?,30?,39-,40-,41?,42?/m0/s1. The minimum atomic E-state index is -1.27. The molecule has 10 rings (SSSR count).